The Balaban J connectivity index is 5.09. The van der Waals surface area contributed by atoms with Gasteiger partial charge in [0.2, 0.25) is 0 Å². The van der Waals surface area contributed by atoms with Crippen molar-refractivity contribution in [1.29, 1.82) is 0 Å². The minimum Gasteiger partial charge on any atom is -0.480 e. The van der Waals surface area contributed by atoms with Gasteiger partial charge in [0.15, 0.2) is 5.41 Å². The molecule has 0 radical (unpaired) electrons. The van der Waals surface area contributed by atoms with E-state index < -0.39 is 17.4 Å². The number of aliphatic hydroxyl groups is 1. The van der Waals surface area contributed by atoms with E-state index in [9.17, 15) is 14.7 Å². The van der Waals surface area contributed by atoms with Gasteiger partial charge in [0.05, 0.1) is 6.61 Å². The van der Waals surface area contributed by atoms with E-state index >= 15 is 0 Å². The number of carboxylic acids is 1. The highest BCUT2D eigenvalue weighted by molar-refractivity contribution is 5.99. The predicted octanol–water partition coefficient (Wildman–Crippen LogP) is 1.05. The lowest BCUT2D eigenvalue weighted by atomic mass is 9.73. The zero-order valence-corrected chi connectivity index (χ0v) is 10.0. The lowest BCUT2D eigenvalue weighted by molar-refractivity contribution is -0.173. The Morgan fingerprint density at radius 3 is 2.25 bits per heavy atom. The summed E-state index contributed by atoms with van der Waals surface area (Å²) in [5.74, 6) is -2.28. The Bertz CT molecular complexity index is 249. The van der Waals surface area contributed by atoms with Crippen LogP contribution in [0.1, 0.15) is 33.6 Å². The van der Waals surface area contributed by atoms with E-state index in [0.29, 0.717) is 0 Å². The monoisotopic (exact) mass is 232 g/mol. The fourth-order valence-electron chi connectivity index (χ4n) is 1.69. The van der Waals surface area contributed by atoms with Gasteiger partial charge < -0.3 is 14.9 Å². The highest BCUT2D eigenvalue weighted by atomic mass is 16.5. The Labute approximate surface area is 95.4 Å². The van der Waals surface area contributed by atoms with E-state index in [-0.39, 0.29) is 32.0 Å². The number of hydrogen-bond donors (Lipinski definition) is 2. The third-order valence-corrected chi connectivity index (χ3v) is 2.74. The smallest absolute Gasteiger partial charge is 0.323 e. The van der Waals surface area contributed by atoms with Gasteiger partial charge in [-0.15, -0.1) is 0 Å². The number of rotatable bonds is 7. The maximum Gasteiger partial charge on any atom is 0.323 e. The van der Waals surface area contributed by atoms with E-state index in [2.05, 4.69) is 0 Å². The molecular weight excluding hydrogens is 212 g/mol. The molecule has 0 amide bonds. The molecule has 0 aliphatic rings. The molecule has 0 aromatic heterocycles. The maximum absolute atomic E-state index is 11.8. The molecule has 16 heavy (non-hydrogen) atoms. The van der Waals surface area contributed by atoms with Gasteiger partial charge in [-0.1, -0.05) is 13.8 Å². The van der Waals surface area contributed by atoms with Crippen LogP contribution in [0, 0.1) is 11.3 Å². The van der Waals surface area contributed by atoms with Crippen molar-refractivity contribution >= 4 is 11.9 Å². The highest BCUT2D eigenvalue weighted by Gasteiger charge is 2.49. The predicted molar refractivity (Wildman–Crippen MR) is 57.9 cm³/mol. The molecule has 5 heteroatoms. The van der Waals surface area contributed by atoms with E-state index in [4.69, 9.17) is 9.84 Å². The summed E-state index contributed by atoms with van der Waals surface area (Å²) in [4.78, 5) is 23.1. The number of hydrogen-bond acceptors (Lipinski definition) is 4. The molecular formula is C11H20O5. The van der Waals surface area contributed by atoms with E-state index in [0.717, 1.165) is 0 Å². The summed E-state index contributed by atoms with van der Waals surface area (Å²) in [6.07, 6.45) is 0.360. The number of ether oxygens (including phenoxy) is 1. The summed E-state index contributed by atoms with van der Waals surface area (Å²) < 4.78 is 4.83. The number of aliphatic hydroxyl groups excluding tert-OH is 1. The van der Waals surface area contributed by atoms with E-state index in [1.165, 1.54) is 0 Å². The molecule has 2 N–H and O–H groups in total. The van der Waals surface area contributed by atoms with Crippen LogP contribution in [0.5, 0.6) is 0 Å². The Hall–Kier alpha value is -1.10. The first kappa shape index (κ1) is 14.9. The minimum absolute atomic E-state index is 0.0926. The normalized spacial score (nSPS) is 14.6. The van der Waals surface area contributed by atoms with Crippen molar-refractivity contribution in [3.05, 3.63) is 0 Å². The van der Waals surface area contributed by atoms with Crippen molar-refractivity contribution in [3.8, 4) is 0 Å². The molecule has 94 valence electrons. The van der Waals surface area contributed by atoms with Crippen LogP contribution < -0.4 is 0 Å². The van der Waals surface area contributed by atoms with E-state index in [1.807, 2.05) is 0 Å². The van der Waals surface area contributed by atoms with Gasteiger partial charge in [-0.25, -0.2) is 0 Å². The first-order valence-corrected chi connectivity index (χ1v) is 5.44. The summed E-state index contributed by atoms with van der Waals surface area (Å²) in [6.45, 7) is 4.99. The van der Waals surface area contributed by atoms with Crippen LogP contribution in [0.25, 0.3) is 0 Å². The molecule has 1 atom stereocenters. The van der Waals surface area contributed by atoms with Gasteiger partial charge in [-0.2, -0.15) is 0 Å². The van der Waals surface area contributed by atoms with Gasteiger partial charge in [0.1, 0.15) is 0 Å². The molecule has 0 aromatic carbocycles. The van der Waals surface area contributed by atoms with Gasteiger partial charge in [-0.3, -0.25) is 9.59 Å². The molecule has 0 saturated heterocycles. The summed E-state index contributed by atoms with van der Waals surface area (Å²) >= 11 is 0. The Morgan fingerprint density at radius 2 is 1.94 bits per heavy atom. The molecule has 0 rings (SSSR count). The zero-order chi connectivity index (χ0) is 12.8. The second-order valence-electron chi connectivity index (χ2n) is 3.98. The molecule has 0 spiro atoms. The van der Waals surface area contributed by atoms with Crippen molar-refractivity contribution < 1.29 is 24.5 Å². The van der Waals surface area contributed by atoms with Crippen molar-refractivity contribution in [2.75, 3.05) is 13.2 Å². The quantitative estimate of drug-likeness (QED) is 0.506. The summed E-state index contributed by atoms with van der Waals surface area (Å²) in [5.41, 5.74) is -1.54. The number of carboxylic acid groups (broad SMARTS) is 1. The fourth-order valence-corrected chi connectivity index (χ4v) is 1.69. The lowest BCUT2D eigenvalue weighted by Crippen LogP contribution is -2.45. The maximum atomic E-state index is 11.8. The molecule has 0 saturated carbocycles. The van der Waals surface area contributed by atoms with Crippen molar-refractivity contribution in [3.63, 3.8) is 0 Å². The number of aliphatic carboxylic acids is 1. The Morgan fingerprint density at radius 1 is 1.38 bits per heavy atom. The van der Waals surface area contributed by atoms with Crippen LogP contribution in [-0.4, -0.2) is 35.4 Å². The number of esters is 1. The zero-order valence-electron chi connectivity index (χ0n) is 10.0. The highest BCUT2D eigenvalue weighted by Crippen LogP contribution is 2.35. The summed E-state index contributed by atoms with van der Waals surface area (Å²) in [6, 6.07) is 0. The molecule has 0 aromatic rings. The first-order chi connectivity index (χ1) is 7.43. The largest absolute Gasteiger partial charge is 0.480 e. The average molecular weight is 232 g/mol. The topological polar surface area (TPSA) is 83.8 Å². The molecule has 5 nitrogen and oxygen atoms in total. The minimum atomic E-state index is -1.54. The third-order valence-electron chi connectivity index (χ3n) is 2.74. The van der Waals surface area contributed by atoms with Crippen molar-refractivity contribution in [2.45, 2.75) is 33.6 Å². The molecule has 0 bridgehead atoms. The third kappa shape index (κ3) is 2.95. The second-order valence-corrected chi connectivity index (χ2v) is 3.98. The SMILES string of the molecule is CCOC(=O)C(CCCO)(C(=O)O)C(C)C. The number of carbonyl (C=O) groups is 2. The van der Waals surface area contributed by atoms with Crippen LogP contribution in [-0.2, 0) is 14.3 Å². The van der Waals surface area contributed by atoms with Crippen LogP contribution >= 0.6 is 0 Å². The van der Waals surface area contributed by atoms with Gasteiger partial charge in [0.25, 0.3) is 0 Å². The average Bonchev–Trinajstić information content (AvgIpc) is 2.18. The summed E-state index contributed by atoms with van der Waals surface area (Å²) in [5, 5.41) is 18.0. The van der Waals surface area contributed by atoms with Gasteiger partial charge in [-0.05, 0) is 25.7 Å². The van der Waals surface area contributed by atoms with E-state index in [1.54, 1.807) is 20.8 Å². The standard InChI is InChI=1S/C11H20O5/c1-4-16-10(15)11(8(2)3,9(13)14)6-5-7-12/h8,12H,4-7H2,1-3H3,(H,13,14). The van der Waals surface area contributed by atoms with Crippen molar-refractivity contribution in [1.82, 2.24) is 0 Å². The second kappa shape index (κ2) is 6.48. The van der Waals surface area contributed by atoms with Crippen LogP contribution in [0.3, 0.4) is 0 Å². The Kier molecular flexibility index (Phi) is 6.03. The van der Waals surface area contributed by atoms with Gasteiger partial charge >= 0.3 is 11.9 Å². The van der Waals surface area contributed by atoms with Crippen LogP contribution in [0.2, 0.25) is 0 Å². The molecule has 0 aliphatic heterocycles. The van der Waals surface area contributed by atoms with Crippen LogP contribution in [0.4, 0.5) is 0 Å². The molecule has 0 aliphatic carbocycles. The summed E-state index contributed by atoms with van der Waals surface area (Å²) in [7, 11) is 0. The molecule has 1 unspecified atom stereocenters. The fraction of sp³-hybridized carbons (Fsp3) is 0.818. The van der Waals surface area contributed by atoms with Crippen LogP contribution in [0.15, 0.2) is 0 Å². The molecule has 0 fully saturated rings. The molecule has 0 heterocycles. The first-order valence-electron chi connectivity index (χ1n) is 5.44. The number of carbonyl (C=O) groups excluding carboxylic acids is 1. The van der Waals surface area contributed by atoms with Gasteiger partial charge in [0, 0.05) is 6.61 Å². The van der Waals surface area contributed by atoms with Crippen molar-refractivity contribution in [2.24, 2.45) is 11.3 Å². The lowest BCUT2D eigenvalue weighted by Gasteiger charge is -2.30.